The van der Waals surface area contributed by atoms with Gasteiger partial charge in [0.1, 0.15) is 0 Å². The van der Waals surface area contributed by atoms with E-state index >= 15 is 0 Å². The largest absolute Gasteiger partial charge is 0.477 e. The van der Waals surface area contributed by atoms with E-state index in [1.165, 1.54) is 13.0 Å². The lowest BCUT2D eigenvalue weighted by Gasteiger charge is -2.30. The molecule has 1 rings (SSSR count). The molecule has 0 saturated carbocycles. The topological polar surface area (TPSA) is 57.5 Å². The molecule has 0 aromatic heterocycles. The molecule has 0 radical (unpaired) electrons. The highest BCUT2D eigenvalue weighted by Crippen LogP contribution is 2.42. The molecule has 0 amide bonds. The van der Waals surface area contributed by atoms with Gasteiger partial charge in [-0.3, -0.25) is 0 Å². The number of alkyl halides is 2. The van der Waals surface area contributed by atoms with E-state index in [1.807, 2.05) is 0 Å². The van der Waals surface area contributed by atoms with Crippen LogP contribution in [0.4, 0.5) is 8.78 Å². The number of halogens is 2. The summed E-state index contributed by atoms with van der Waals surface area (Å²) in [7, 11) is 0. The molecule has 13 heavy (non-hydrogen) atoms. The number of carboxylic acids is 1. The van der Waals surface area contributed by atoms with Crippen LogP contribution in [0.2, 0.25) is 0 Å². The normalized spacial score (nSPS) is 28.8. The standard InChI is InChI=1S/C8H10F2O3/c1-5-3-2-4-7(5,13)8(9,10)6(11)12/h3,13H,2,4H2,1H3,(H,11,12). The van der Waals surface area contributed by atoms with Gasteiger partial charge < -0.3 is 10.2 Å². The minimum atomic E-state index is -4.11. The summed E-state index contributed by atoms with van der Waals surface area (Å²) in [5.74, 6) is -6.39. The molecule has 1 unspecified atom stereocenters. The molecule has 1 aliphatic carbocycles. The molecule has 0 saturated heterocycles. The molecule has 0 aromatic rings. The zero-order valence-corrected chi connectivity index (χ0v) is 7.05. The zero-order valence-electron chi connectivity index (χ0n) is 7.05. The Labute approximate surface area is 73.7 Å². The lowest BCUT2D eigenvalue weighted by atomic mass is 9.89. The summed E-state index contributed by atoms with van der Waals surface area (Å²) in [5.41, 5.74) is -2.47. The molecule has 0 heterocycles. The van der Waals surface area contributed by atoms with Crippen LogP contribution in [0.3, 0.4) is 0 Å². The van der Waals surface area contributed by atoms with Gasteiger partial charge in [-0.15, -0.1) is 0 Å². The first-order valence-corrected chi connectivity index (χ1v) is 3.83. The van der Waals surface area contributed by atoms with Gasteiger partial charge in [-0.2, -0.15) is 8.78 Å². The number of carboxylic acid groups (broad SMARTS) is 1. The van der Waals surface area contributed by atoms with Crippen molar-refractivity contribution in [3.63, 3.8) is 0 Å². The average molecular weight is 192 g/mol. The number of hydrogen-bond donors (Lipinski definition) is 2. The van der Waals surface area contributed by atoms with Crippen LogP contribution in [0.1, 0.15) is 19.8 Å². The summed E-state index contributed by atoms with van der Waals surface area (Å²) in [6, 6.07) is 0. The molecule has 5 heteroatoms. The highest BCUT2D eigenvalue weighted by molar-refractivity contribution is 5.78. The number of carbonyl (C=O) groups is 1. The summed E-state index contributed by atoms with van der Waals surface area (Å²) in [6.07, 6.45) is 1.47. The highest BCUT2D eigenvalue weighted by atomic mass is 19.3. The van der Waals surface area contributed by atoms with Crippen molar-refractivity contribution < 1.29 is 23.8 Å². The Bertz CT molecular complexity index is 273. The quantitative estimate of drug-likeness (QED) is 0.646. The molecular weight excluding hydrogens is 182 g/mol. The van der Waals surface area contributed by atoms with Crippen LogP contribution >= 0.6 is 0 Å². The van der Waals surface area contributed by atoms with Crippen LogP contribution < -0.4 is 0 Å². The summed E-state index contributed by atoms with van der Waals surface area (Å²) < 4.78 is 26.0. The first kappa shape index (κ1) is 10.1. The third-order valence-electron chi connectivity index (χ3n) is 2.40. The van der Waals surface area contributed by atoms with Crippen molar-refractivity contribution in [1.82, 2.24) is 0 Å². The van der Waals surface area contributed by atoms with Crippen molar-refractivity contribution in [2.24, 2.45) is 0 Å². The van der Waals surface area contributed by atoms with E-state index in [0.29, 0.717) is 0 Å². The van der Waals surface area contributed by atoms with Crippen molar-refractivity contribution in [2.75, 3.05) is 0 Å². The first-order valence-electron chi connectivity index (χ1n) is 3.83. The fourth-order valence-electron chi connectivity index (χ4n) is 1.45. The molecule has 74 valence electrons. The lowest BCUT2D eigenvalue weighted by Crippen LogP contribution is -2.52. The highest BCUT2D eigenvalue weighted by Gasteiger charge is 2.60. The molecular formula is C8H10F2O3. The summed E-state index contributed by atoms with van der Waals surface area (Å²) in [5, 5.41) is 17.7. The monoisotopic (exact) mass is 192 g/mol. The fraction of sp³-hybridized carbons (Fsp3) is 0.625. The molecule has 0 fully saturated rings. The van der Waals surface area contributed by atoms with E-state index in [1.54, 1.807) is 0 Å². The van der Waals surface area contributed by atoms with Crippen molar-refractivity contribution in [2.45, 2.75) is 31.3 Å². The van der Waals surface area contributed by atoms with Gasteiger partial charge in [0.25, 0.3) is 0 Å². The Balaban J connectivity index is 3.06. The molecule has 3 nitrogen and oxygen atoms in total. The van der Waals surface area contributed by atoms with Crippen LogP contribution in [0.5, 0.6) is 0 Å². The van der Waals surface area contributed by atoms with E-state index in [-0.39, 0.29) is 18.4 Å². The second-order valence-electron chi connectivity index (χ2n) is 3.17. The van der Waals surface area contributed by atoms with Crippen LogP contribution in [-0.2, 0) is 4.79 Å². The second-order valence-corrected chi connectivity index (χ2v) is 3.17. The van der Waals surface area contributed by atoms with Gasteiger partial charge in [0, 0.05) is 0 Å². The predicted molar refractivity (Wildman–Crippen MR) is 40.5 cm³/mol. The number of hydrogen-bond acceptors (Lipinski definition) is 2. The molecule has 1 aliphatic rings. The molecule has 0 aliphatic heterocycles. The summed E-state index contributed by atoms with van der Waals surface area (Å²) in [6.45, 7) is 1.31. The fourth-order valence-corrected chi connectivity index (χ4v) is 1.45. The molecule has 1 atom stereocenters. The maximum Gasteiger partial charge on any atom is 0.378 e. The zero-order chi connectivity index (χ0) is 10.3. The molecule has 0 bridgehead atoms. The van der Waals surface area contributed by atoms with Crippen LogP contribution in [0, 0.1) is 0 Å². The van der Waals surface area contributed by atoms with E-state index in [9.17, 15) is 18.7 Å². The lowest BCUT2D eigenvalue weighted by molar-refractivity contribution is -0.198. The number of aliphatic hydroxyl groups is 1. The minimum Gasteiger partial charge on any atom is -0.477 e. The van der Waals surface area contributed by atoms with E-state index < -0.39 is 17.5 Å². The average Bonchev–Trinajstić information content (AvgIpc) is 2.33. The molecule has 0 aromatic carbocycles. The Morgan fingerprint density at radius 3 is 2.54 bits per heavy atom. The van der Waals surface area contributed by atoms with Gasteiger partial charge in [0.05, 0.1) is 0 Å². The van der Waals surface area contributed by atoms with Crippen molar-refractivity contribution >= 4 is 5.97 Å². The van der Waals surface area contributed by atoms with Crippen LogP contribution in [0.25, 0.3) is 0 Å². The second kappa shape index (κ2) is 2.77. The van der Waals surface area contributed by atoms with Gasteiger partial charge in [-0.1, -0.05) is 6.08 Å². The van der Waals surface area contributed by atoms with E-state index in [2.05, 4.69) is 0 Å². The smallest absolute Gasteiger partial charge is 0.378 e. The van der Waals surface area contributed by atoms with E-state index in [4.69, 9.17) is 5.11 Å². The predicted octanol–water partition coefficient (Wildman–Crippen LogP) is 1.18. The number of rotatable bonds is 2. The SMILES string of the molecule is CC1=CCCC1(O)C(F)(F)C(=O)O. The van der Waals surface area contributed by atoms with Gasteiger partial charge in [-0.05, 0) is 25.3 Å². The van der Waals surface area contributed by atoms with Gasteiger partial charge >= 0.3 is 11.9 Å². The van der Waals surface area contributed by atoms with Crippen molar-refractivity contribution in [3.8, 4) is 0 Å². The van der Waals surface area contributed by atoms with Crippen LogP contribution in [-0.4, -0.2) is 27.7 Å². The number of aliphatic carboxylic acids is 1. The Morgan fingerprint density at radius 2 is 2.23 bits per heavy atom. The Hall–Kier alpha value is -0.970. The third kappa shape index (κ3) is 1.23. The maximum atomic E-state index is 13.0. The van der Waals surface area contributed by atoms with Gasteiger partial charge in [-0.25, -0.2) is 4.79 Å². The maximum absolute atomic E-state index is 13.0. The first-order chi connectivity index (χ1) is 5.82. The number of allylic oxidation sites excluding steroid dienone is 1. The molecule has 0 spiro atoms. The van der Waals surface area contributed by atoms with Gasteiger partial charge in [0.2, 0.25) is 0 Å². The molecule has 2 N–H and O–H groups in total. The summed E-state index contributed by atoms with van der Waals surface area (Å²) >= 11 is 0. The van der Waals surface area contributed by atoms with Gasteiger partial charge in [0.15, 0.2) is 5.60 Å². The van der Waals surface area contributed by atoms with E-state index in [0.717, 1.165) is 0 Å². The Morgan fingerprint density at radius 1 is 1.69 bits per heavy atom. The van der Waals surface area contributed by atoms with Crippen molar-refractivity contribution in [3.05, 3.63) is 11.6 Å². The minimum absolute atomic E-state index is 0.0277. The summed E-state index contributed by atoms with van der Waals surface area (Å²) in [4.78, 5) is 10.2. The third-order valence-corrected chi connectivity index (χ3v) is 2.40. The van der Waals surface area contributed by atoms with Crippen LogP contribution in [0.15, 0.2) is 11.6 Å². The Kier molecular flexibility index (Phi) is 2.15. The van der Waals surface area contributed by atoms with Crippen molar-refractivity contribution in [1.29, 1.82) is 0 Å².